The molecule has 2 N–H and O–H groups in total. The zero-order chi connectivity index (χ0) is 21.7. The summed E-state index contributed by atoms with van der Waals surface area (Å²) < 4.78 is 44.5. The van der Waals surface area contributed by atoms with Gasteiger partial charge in [0.1, 0.15) is 6.04 Å². The Hall–Kier alpha value is -2.16. The van der Waals surface area contributed by atoms with Crippen LogP contribution in [0.2, 0.25) is 0 Å². The highest BCUT2D eigenvalue weighted by molar-refractivity contribution is 7.91. The number of nitrogens with one attached hydrogen (secondary N) is 2. The smallest absolute Gasteiger partial charge is 0.322 e. The Labute approximate surface area is 176 Å². The maximum Gasteiger partial charge on any atom is 0.322 e. The lowest BCUT2D eigenvalue weighted by Gasteiger charge is -2.15. The summed E-state index contributed by atoms with van der Waals surface area (Å²) in [7, 11) is -3.27. The standard InChI is InChI=1S/C21H29FN2O5S/c1-14(16-8-9-17(22)19(11-16)29-12-15-6-7-15)13-30(27,28)10-4-2-3-5-18-20(25)24-21(26)23-18/h8-9,11,14-15,18H,2-7,10,12-13H2,1H3,(H2,23,24,25,26)/t14-,18?/m0/s1. The van der Waals surface area contributed by atoms with E-state index in [9.17, 15) is 22.4 Å². The Balaban J connectivity index is 1.42. The second-order valence-electron chi connectivity index (χ2n) is 8.32. The van der Waals surface area contributed by atoms with E-state index in [-0.39, 0.29) is 29.1 Å². The van der Waals surface area contributed by atoms with Crippen molar-refractivity contribution >= 4 is 21.8 Å². The van der Waals surface area contributed by atoms with Crippen LogP contribution in [0, 0.1) is 11.7 Å². The molecule has 0 bridgehead atoms. The molecule has 0 radical (unpaired) electrons. The molecule has 1 aromatic carbocycles. The first-order chi connectivity index (χ1) is 14.2. The van der Waals surface area contributed by atoms with Gasteiger partial charge >= 0.3 is 6.03 Å². The van der Waals surface area contributed by atoms with Crippen LogP contribution in [0.3, 0.4) is 0 Å². The SMILES string of the molecule is C[C@@H](CS(=O)(=O)CCCCCC1NC(=O)NC1=O)c1ccc(F)c(OCC2CC2)c1. The van der Waals surface area contributed by atoms with Crippen LogP contribution in [0.4, 0.5) is 9.18 Å². The number of halogens is 1. The minimum atomic E-state index is -3.27. The van der Waals surface area contributed by atoms with E-state index >= 15 is 0 Å². The molecule has 2 aliphatic rings. The number of rotatable bonds is 12. The first kappa shape index (κ1) is 22.5. The third-order valence-electron chi connectivity index (χ3n) is 5.51. The van der Waals surface area contributed by atoms with Crippen molar-refractivity contribution in [3.8, 4) is 5.75 Å². The molecule has 0 aromatic heterocycles. The van der Waals surface area contributed by atoms with Gasteiger partial charge in [-0.2, -0.15) is 0 Å². The van der Waals surface area contributed by atoms with Crippen molar-refractivity contribution in [2.45, 2.75) is 57.4 Å². The quantitative estimate of drug-likeness (QED) is 0.384. The molecule has 2 fully saturated rings. The summed E-state index contributed by atoms with van der Waals surface area (Å²) in [4.78, 5) is 22.5. The van der Waals surface area contributed by atoms with E-state index in [1.165, 1.54) is 6.07 Å². The molecule has 1 saturated carbocycles. The van der Waals surface area contributed by atoms with Gasteiger partial charge in [0, 0.05) is 0 Å². The Kier molecular flexibility index (Phi) is 7.33. The first-order valence-electron chi connectivity index (χ1n) is 10.5. The minimum absolute atomic E-state index is 0.0121. The Morgan fingerprint density at radius 2 is 1.97 bits per heavy atom. The third-order valence-corrected chi connectivity index (χ3v) is 7.42. The van der Waals surface area contributed by atoms with Gasteiger partial charge < -0.3 is 10.1 Å². The lowest BCUT2D eigenvalue weighted by Crippen LogP contribution is -2.28. The van der Waals surface area contributed by atoms with Crippen molar-refractivity contribution < 1.29 is 27.1 Å². The number of ether oxygens (including phenoxy) is 1. The molecule has 1 aromatic rings. The topological polar surface area (TPSA) is 102 Å². The summed E-state index contributed by atoms with van der Waals surface area (Å²) in [6, 6.07) is 3.55. The number of hydrogen-bond acceptors (Lipinski definition) is 5. The van der Waals surface area contributed by atoms with Crippen molar-refractivity contribution in [2.75, 3.05) is 18.1 Å². The predicted octanol–water partition coefficient (Wildman–Crippen LogP) is 2.90. The molecule has 2 atom stereocenters. The third kappa shape index (κ3) is 6.68. The number of carbonyl (C=O) groups is 2. The van der Waals surface area contributed by atoms with Crippen LogP contribution in [-0.4, -0.2) is 44.5 Å². The molecule has 9 heteroatoms. The number of urea groups is 1. The van der Waals surface area contributed by atoms with E-state index in [0.29, 0.717) is 38.2 Å². The van der Waals surface area contributed by atoms with Gasteiger partial charge in [0.2, 0.25) is 0 Å². The largest absolute Gasteiger partial charge is 0.490 e. The zero-order valence-corrected chi connectivity index (χ0v) is 18.0. The Bertz CT molecular complexity index is 885. The van der Waals surface area contributed by atoms with Crippen LogP contribution in [-0.2, 0) is 14.6 Å². The molecule has 1 unspecified atom stereocenters. The van der Waals surface area contributed by atoms with Crippen LogP contribution in [0.1, 0.15) is 56.9 Å². The van der Waals surface area contributed by atoms with Gasteiger partial charge in [-0.25, -0.2) is 17.6 Å². The molecule has 30 heavy (non-hydrogen) atoms. The average molecular weight is 441 g/mol. The van der Waals surface area contributed by atoms with Crippen molar-refractivity contribution in [2.24, 2.45) is 5.92 Å². The van der Waals surface area contributed by atoms with E-state index < -0.39 is 27.7 Å². The van der Waals surface area contributed by atoms with Gasteiger partial charge in [0.15, 0.2) is 21.4 Å². The van der Waals surface area contributed by atoms with Gasteiger partial charge in [-0.1, -0.05) is 25.8 Å². The fraction of sp³-hybridized carbons (Fsp3) is 0.619. The molecule has 0 spiro atoms. The normalized spacial score (nSPS) is 20.0. The van der Waals surface area contributed by atoms with Crippen LogP contribution >= 0.6 is 0 Å². The van der Waals surface area contributed by atoms with Gasteiger partial charge in [0.05, 0.1) is 18.1 Å². The highest BCUT2D eigenvalue weighted by Gasteiger charge is 2.28. The molecule has 7 nitrogen and oxygen atoms in total. The van der Waals surface area contributed by atoms with Gasteiger partial charge in [-0.05, 0) is 55.2 Å². The van der Waals surface area contributed by atoms with E-state index in [1.54, 1.807) is 12.1 Å². The minimum Gasteiger partial charge on any atom is -0.490 e. The van der Waals surface area contributed by atoms with Crippen LogP contribution in [0.15, 0.2) is 18.2 Å². The van der Waals surface area contributed by atoms with Crippen LogP contribution < -0.4 is 15.4 Å². The van der Waals surface area contributed by atoms with Crippen molar-refractivity contribution in [1.29, 1.82) is 0 Å². The fourth-order valence-electron chi connectivity index (χ4n) is 3.50. The number of hydrogen-bond donors (Lipinski definition) is 2. The summed E-state index contributed by atoms with van der Waals surface area (Å²) in [6.45, 7) is 2.32. The van der Waals surface area contributed by atoms with Crippen molar-refractivity contribution in [3.05, 3.63) is 29.6 Å². The number of imide groups is 1. The summed E-state index contributed by atoms with van der Waals surface area (Å²) in [5, 5.41) is 4.70. The number of benzene rings is 1. The van der Waals surface area contributed by atoms with Crippen LogP contribution in [0.25, 0.3) is 0 Å². The zero-order valence-electron chi connectivity index (χ0n) is 17.2. The predicted molar refractivity (Wildman–Crippen MR) is 111 cm³/mol. The van der Waals surface area contributed by atoms with Gasteiger partial charge in [0.25, 0.3) is 5.91 Å². The van der Waals surface area contributed by atoms with E-state index in [4.69, 9.17) is 4.74 Å². The molecule has 1 aliphatic carbocycles. The summed E-state index contributed by atoms with van der Waals surface area (Å²) in [5.74, 6) is -0.287. The molecule has 166 valence electrons. The molecule has 1 saturated heterocycles. The molecular formula is C21H29FN2O5S. The molecule has 3 rings (SSSR count). The highest BCUT2D eigenvalue weighted by Crippen LogP contribution is 2.31. The molecular weight excluding hydrogens is 411 g/mol. The average Bonchev–Trinajstić information content (AvgIpc) is 3.44. The lowest BCUT2D eigenvalue weighted by molar-refractivity contribution is -0.120. The number of sulfone groups is 1. The summed E-state index contributed by atoms with van der Waals surface area (Å²) in [5.41, 5.74) is 0.744. The molecule has 3 amide bonds. The first-order valence-corrected chi connectivity index (χ1v) is 12.3. The molecule has 1 heterocycles. The van der Waals surface area contributed by atoms with Gasteiger partial charge in [-0.3, -0.25) is 10.1 Å². The van der Waals surface area contributed by atoms with Crippen LogP contribution in [0.5, 0.6) is 5.75 Å². The van der Waals surface area contributed by atoms with E-state index in [0.717, 1.165) is 18.4 Å². The fourth-order valence-corrected chi connectivity index (χ4v) is 5.26. The van der Waals surface area contributed by atoms with Crippen molar-refractivity contribution in [3.63, 3.8) is 0 Å². The number of amides is 3. The molecule has 1 aliphatic heterocycles. The van der Waals surface area contributed by atoms with Gasteiger partial charge in [-0.15, -0.1) is 0 Å². The number of unbranched alkanes of at least 4 members (excludes halogenated alkanes) is 2. The monoisotopic (exact) mass is 440 g/mol. The maximum atomic E-state index is 13.9. The van der Waals surface area contributed by atoms with E-state index in [2.05, 4.69) is 10.6 Å². The summed E-state index contributed by atoms with van der Waals surface area (Å²) in [6.07, 6.45) is 4.52. The Morgan fingerprint density at radius 3 is 2.63 bits per heavy atom. The highest BCUT2D eigenvalue weighted by atomic mass is 32.2. The maximum absolute atomic E-state index is 13.9. The number of carbonyl (C=O) groups excluding carboxylic acids is 2. The second kappa shape index (κ2) is 9.76. The van der Waals surface area contributed by atoms with E-state index in [1.807, 2.05) is 6.92 Å². The summed E-state index contributed by atoms with van der Waals surface area (Å²) >= 11 is 0. The second-order valence-corrected chi connectivity index (χ2v) is 10.6. The lowest BCUT2D eigenvalue weighted by atomic mass is 10.0. The Morgan fingerprint density at radius 1 is 1.20 bits per heavy atom. The van der Waals surface area contributed by atoms with Crippen molar-refractivity contribution in [1.82, 2.24) is 10.6 Å².